The lowest BCUT2D eigenvalue weighted by atomic mass is 10.1. The average Bonchev–Trinajstić information content (AvgIpc) is 3.23. The third-order valence-corrected chi connectivity index (χ3v) is 4.95. The van der Waals surface area contributed by atoms with E-state index in [4.69, 9.17) is 10.5 Å². The smallest absolute Gasteiger partial charge is 0.251 e. The quantitative estimate of drug-likeness (QED) is 0.675. The lowest BCUT2D eigenvalue weighted by Crippen LogP contribution is -2.25. The number of ether oxygens (including phenoxy) is 1. The second-order valence-corrected chi connectivity index (χ2v) is 6.95. The molecule has 1 aliphatic heterocycles. The van der Waals surface area contributed by atoms with Crippen LogP contribution in [0.4, 0.5) is 0 Å². The maximum absolute atomic E-state index is 12.1. The number of hydrogen-bond donors (Lipinski definition) is 2. The SMILES string of the molecule is Cl.NCc1ccc(C(=O)NCCc2ccc(OCCN3CCCC3)cc2)cc1. The van der Waals surface area contributed by atoms with Crippen LogP contribution in [0.3, 0.4) is 0 Å². The zero-order valence-electron chi connectivity index (χ0n) is 16.2. The van der Waals surface area contributed by atoms with Crippen LogP contribution in [0.2, 0.25) is 0 Å². The highest BCUT2D eigenvalue weighted by molar-refractivity contribution is 5.94. The van der Waals surface area contributed by atoms with Crippen LogP contribution in [0.5, 0.6) is 5.75 Å². The number of benzene rings is 2. The largest absolute Gasteiger partial charge is 0.492 e. The number of carbonyl (C=O) groups excluding carboxylic acids is 1. The first-order chi connectivity index (χ1) is 13.2. The summed E-state index contributed by atoms with van der Waals surface area (Å²) in [5.74, 6) is 0.849. The summed E-state index contributed by atoms with van der Waals surface area (Å²) in [5.41, 5.74) is 8.44. The Kier molecular flexibility index (Phi) is 9.28. The molecule has 152 valence electrons. The highest BCUT2D eigenvalue weighted by atomic mass is 35.5. The highest BCUT2D eigenvalue weighted by Gasteiger charge is 2.10. The molecule has 0 saturated carbocycles. The van der Waals surface area contributed by atoms with Crippen molar-refractivity contribution in [1.82, 2.24) is 10.2 Å². The first-order valence-corrected chi connectivity index (χ1v) is 9.76. The van der Waals surface area contributed by atoms with Crippen molar-refractivity contribution in [2.24, 2.45) is 5.73 Å². The van der Waals surface area contributed by atoms with Crippen molar-refractivity contribution in [3.8, 4) is 5.75 Å². The van der Waals surface area contributed by atoms with Crippen molar-refractivity contribution >= 4 is 18.3 Å². The normalized spacial score (nSPS) is 13.8. The van der Waals surface area contributed by atoms with Gasteiger partial charge >= 0.3 is 0 Å². The monoisotopic (exact) mass is 403 g/mol. The molecule has 28 heavy (non-hydrogen) atoms. The number of rotatable bonds is 9. The van der Waals surface area contributed by atoms with Crippen LogP contribution in [0, 0.1) is 0 Å². The minimum Gasteiger partial charge on any atom is -0.492 e. The van der Waals surface area contributed by atoms with Gasteiger partial charge in [-0.2, -0.15) is 0 Å². The first kappa shape index (κ1) is 22.2. The molecule has 0 aliphatic carbocycles. The molecule has 2 aromatic rings. The summed E-state index contributed by atoms with van der Waals surface area (Å²) >= 11 is 0. The van der Waals surface area contributed by atoms with E-state index in [1.165, 1.54) is 31.5 Å². The lowest BCUT2D eigenvalue weighted by Gasteiger charge is -2.15. The highest BCUT2D eigenvalue weighted by Crippen LogP contribution is 2.13. The van der Waals surface area contributed by atoms with Crippen molar-refractivity contribution in [2.75, 3.05) is 32.8 Å². The zero-order chi connectivity index (χ0) is 18.9. The maximum atomic E-state index is 12.1. The van der Waals surface area contributed by atoms with E-state index in [0.717, 1.165) is 30.9 Å². The van der Waals surface area contributed by atoms with Crippen LogP contribution < -0.4 is 15.8 Å². The molecule has 1 amide bonds. The van der Waals surface area contributed by atoms with Crippen molar-refractivity contribution in [2.45, 2.75) is 25.8 Å². The molecular formula is C22H30ClN3O2. The molecule has 1 heterocycles. The molecule has 0 aromatic heterocycles. The fourth-order valence-electron chi connectivity index (χ4n) is 3.27. The van der Waals surface area contributed by atoms with Gasteiger partial charge in [-0.15, -0.1) is 12.4 Å². The van der Waals surface area contributed by atoms with E-state index in [1.807, 2.05) is 36.4 Å². The van der Waals surface area contributed by atoms with E-state index in [1.54, 1.807) is 0 Å². The Bertz CT molecular complexity index is 714. The van der Waals surface area contributed by atoms with Crippen molar-refractivity contribution in [3.63, 3.8) is 0 Å². The van der Waals surface area contributed by atoms with Crippen LogP contribution in [0.15, 0.2) is 48.5 Å². The second kappa shape index (κ2) is 11.7. The topological polar surface area (TPSA) is 67.6 Å². The predicted molar refractivity (Wildman–Crippen MR) is 115 cm³/mol. The molecule has 6 heteroatoms. The standard InChI is InChI=1S/C22H29N3O2.ClH/c23-17-19-3-7-20(8-4-19)22(26)24-12-11-18-5-9-21(10-6-18)27-16-15-25-13-1-2-14-25;/h3-10H,1-2,11-17,23H2,(H,24,26);1H. The maximum Gasteiger partial charge on any atom is 0.251 e. The molecule has 2 aromatic carbocycles. The molecule has 3 N–H and O–H groups in total. The van der Waals surface area contributed by atoms with Gasteiger partial charge in [0, 0.05) is 25.2 Å². The number of nitrogens with one attached hydrogen (secondary N) is 1. The van der Waals surface area contributed by atoms with E-state index >= 15 is 0 Å². The number of likely N-dealkylation sites (tertiary alicyclic amines) is 1. The molecule has 1 fully saturated rings. The fourth-order valence-corrected chi connectivity index (χ4v) is 3.27. The fraction of sp³-hybridized carbons (Fsp3) is 0.409. The molecule has 0 atom stereocenters. The molecule has 1 saturated heterocycles. The summed E-state index contributed by atoms with van der Waals surface area (Å²) in [6.45, 7) is 5.22. The molecule has 5 nitrogen and oxygen atoms in total. The predicted octanol–water partition coefficient (Wildman–Crippen LogP) is 3.01. The summed E-state index contributed by atoms with van der Waals surface area (Å²) in [7, 11) is 0. The van der Waals surface area contributed by atoms with E-state index in [9.17, 15) is 4.79 Å². The van der Waals surface area contributed by atoms with Gasteiger partial charge in [-0.25, -0.2) is 0 Å². The lowest BCUT2D eigenvalue weighted by molar-refractivity contribution is 0.0954. The summed E-state index contributed by atoms with van der Waals surface area (Å²) in [6, 6.07) is 15.5. The van der Waals surface area contributed by atoms with Crippen molar-refractivity contribution in [1.29, 1.82) is 0 Å². The third kappa shape index (κ3) is 6.82. The molecular weight excluding hydrogens is 374 g/mol. The molecule has 3 rings (SSSR count). The number of nitrogens with two attached hydrogens (primary N) is 1. The van der Waals surface area contributed by atoms with Crippen LogP contribution in [0.25, 0.3) is 0 Å². The Labute approximate surface area is 173 Å². The molecule has 0 bridgehead atoms. The Morgan fingerprint density at radius 3 is 2.29 bits per heavy atom. The number of amides is 1. The minimum atomic E-state index is -0.0552. The van der Waals surface area contributed by atoms with Gasteiger partial charge in [0.25, 0.3) is 5.91 Å². The van der Waals surface area contributed by atoms with Gasteiger partial charge in [-0.1, -0.05) is 24.3 Å². The number of nitrogens with zero attached hydrogens (tertiary/aromatic N) is 1. The molecule has 1 aliphatic rings. The number of carbonyl (C=O) groups is 1. The summed E-state index contributed by atoms with van der Waals surface area (Å²) < 4.78 is 5.82. The van der Waals surface area contributed by atoms with Gasteiger partial charge in [-0.05, 0) is 67.7 Å². The Balaban J connectivity index is 0.00000280. The van der Waals surface area contributed by atoms with Crippen LogP contribution in [-0.4, -0.2) is 43.6 Å². The van der Waals surface area contributed by atoms with Crippen molar-refractivity contribution in [3.05, 3.63) is 65.2 Å². The van der Waals surface area contributed by atoms with Crippen LogP contribution in [-0.2, 0) is 13.0 Å². The van der Waals surface area contributed by atoms with E-state index in [-0.39, 0.29) is 18.3 Å². The summed E-state index contributed by atoms with van der Waals surface area (Å²) in [5, 5.41) is 2.96. The van der Waals surface area contributed by atoms with E-state index in [2.05, 4.69) is 22.3 Å². The number of hydrogen-bond acceptors (Lipinski definition) is 4. The Morgan fingerprint density at radius 2 is 1.64 bits per heavy atom. The Hall–Kier alpha value is -2.08. The van der Waals surface area contributed by atoms with Gasteiger partial charge in [0.1, 0.15) is 12.4 Å². The second-order valence-electron chi connectivity index (χ2n) is 6.95. The molecule has 0 spiro atoms. The third-order valence-electron chi connectivity index (χ3n) is 4.95. The van der Waals surface area contributed by atoms with Crippen LogP contribution in [0.1, 0.15) is 34.3 Å². The van der Waals surface area contributed by atoms with Gasteiger partial charge in [0.05, 0.1) is 0 Å². The molecule has 0 radical (unpaired) electrons. The van der Waals surface area contributed by atoms with Gasteiger partial charge in [-0.3, -0.25) is 9.69 Å². The van der Waals surface area contributed by atoms with E-state index < -0.39 is 0 Å². The minimum absolute atomic E-state index is 0. The van der Waals surface area contributed by atoms with Crippen molar-refractivity contribution < 1.29 is 9.53 Å². The Morgan fingerprint density at radius 1 is 1.00 bits per heavy atom. The van der Waals surface area contributed by atoms with Gasteiger partial charge in [0.2, 0.25) is 0 Å². The average molecular weight is 404 g/mol. The number of halogens is 1. The summed E-state index contributed by atoms with van der Waals surface area (Å²) in [4.78, 5) is 14.6. The first-order valence-electron chi connectivity index (χ1n) is 9.76. The van der Waals surface area contributed by atoms with Crippen LogP contribution >= 0.6 is 12.4 Å². The summed E-state index contributed by atoms with van der Waals surface area (Å²) in [6.07, 6.45) is 3.41. The van der Waals surface area contributed by atoms with Gasteiger partial charge in [0.15, 0.2) is 0 Å². The molecule has 0 unspecified atom stereocenters. The van der Waals surface area contributed by atoms with E-state index in [0.29, 0.717) is 18.7 Å². The zero-order valence-corrected chi connectivity index (χ0v) is 17.0. The van der Waals surface area contributed by atoms with Gasteiger partial charge < -0.3 is 15.8 Å².